The number of pyridine rings is 1. The average molecular weight is 356 g/mol. The van der Waals surface area contributed by atoms with Crippen LogP contribution in [-0.2, 0) is 22.6 Å². The Bertz CT molecular complexity index is 659. The Kier molecular flexibility index (Phi) is 5.99. The largest absolute Gasteiger partial charge is 0.462 e. The molecule has 2 aliphatic heterocycles. The Morgan fingerprint density at radius 2 is 2.04 bits per heavy atom. The van der Waals surface area contributed by atoms with Crippen molar-refractivity contribution >= 4 is 0 Å². The number of hydrogen-bond acceptors (Lipinski definition) is 5. The summed E-state index contributed by atoms with van der Waals surface area (Å²) in [5.41, 5.74) is 1.14. The molecule has 2 aliphatic rings. The minimum Gasteiger partial charge on any atom is -0.462 e. The molecular weight excluding hydrogens is 328 g/mol. The maximum atomic E-state index is 6.05. The summed E-state index contributed by atoms with van der Waals surface area (Å²) in [5, 5.41) is 0. The molecule has 0 unspecified atom stereocenters. The van der Waals surface area contributed by atoms with E-state index in [0.29, 0.717) is 12.7 Å². The van der Waals surface area contributed by atoms with E-state index in [1.165, 1.54) is 12.8 Å². The summed E-state index contributed by atoms with van der Waals surface area (Å²) >= 11 is 0. The lowest BCUT2D eigenvalue weighted by atomic mass is 10.1. The highest BCUT2D eigenvalue weighted by Gasteiger charge is 2.22. The molecule has 0 aliphatic carbocycles. The van der Waals surface area contributed by atoms with Crippen LogP contribution in [0.5, 0.6) is 0 Å². The Hall–Kier alpha value is -1.69. The van der Waals surface area contributed by atoms with Gasteiger partial charge in [-0.15, -0.1) is 0 Å². The maximum absolute atomic E-state index is 6.05. The Labute approximate surface area is 155 Å². The molecule has 5 nitrogen and oxygen atoms in total. The van der Waals surface area contributed by atoms with Gasteiger partial charge in [0.05, 0.1) is 19.3 Å². The highest BCUT2D eigenvalue weighted by Crippen LogP contribution is 2.29. The van der Waals surface area contributed by atoms with Gasteiger partial charge in [0.2, 0.25) is 0 Å². The van der Waals surface area contributed by atoms with E-state index < -0.39 is 0 Å². The first-order chi connectivity index (χ1) is 12.9. The summed E-state index contributed by atoms with van der Waals surface area (Å²) < 4.78 is 17.9. The SMILES string of the molecule is c1cncc(COC2CCN(Cc3ccc([C@@H]4CCCCO4)o3)CC2)c1. The van der Waals surface area contributed by atoms with Crippen LogP contribution < -0.4 is 0 Å². The van der Waals surface area contributed by atoms with Crippen molar-refractivity contribution in [1.29, 1.82) is 0 Å². The zero-order valence-corrected chi connectivity index (χ0v) is 15.3. The Morgan fingerprint density at radius 1 is 1.12 bits per heavy atom. The lowest BCUT2D eigenvalue weighted by molar-refractivity contribution is -0.00744. The van der Waals surface area contributed by atoms with Crippen molar-refractivity contribution in [2.75, 3.05) is 19.7 Å². The van der Waals surface area contributed by atoms with Crippen molar-refractivity contribution in [3.05, 3.63) is 53.7 Å². The minimum absolute atomic E-state index is 0.157. The quantitative estimate of drug-likeness (QED) is 0.780. The van der Waals surface area contributed by atoms with Crippen LogP contribution in [-0.4, -0.2) is 35.7 Å². The van der Waals surface area contributed by atoms with E-state index in [2.05, 4.69) is 28.1 Å². The monoisotopic (exact) mass is 356 g/mol. The Morgan fingerprint density at radius 3 is 2.81 bits per heavy atom. The third-order valence-corrected chi connectivity index (χ3v) is 5.30. The number of rotatable bonds is 6. The molecule has 0 N–H and O–H groups in total. The summed E-state index contributed by atoms with van der Waals surface area (Å²) in [7, 11) is 0. The molecule has 2 saturated heterocycles. The molecule has 0 aromatic carbocycles. The minimum atomic E-state index is 0.157. The van der Waals surface area contributed by atoms with Crippen molar-refractivity contribution < 1.29 is 13.9 Å². The first kappa shape index (κ1) is 17.7. The predicted octanol–water partition coefficient (Wildman–Crippen LogP) is 4.10. The van der Waals surface area contributed by atoms with E-state index in [9.17, 15) is 0 Å². The smallest absolute Gasteiger partial charge is 0.133 e. The highest BCUT2D eigenvalue weighted by atomic mass is 16.5. The van der Waals surface area contributed by atoms with Crippen LogP contribution in [0.25, 0.3) is 0 Å². The summed E-state index contributed by atoms with van der Waals surface area (Å²) in [6, 6.07) is 8.22. The van der Waals surface area contributed by atoms with Crippen LogP contribution in [0.4, 0.5) is 0 Å². The summed E-state index contributed by atoms with van der Waals surface area (Å²) in [5.74, 6) is 2.04. The molecule has 0 radical (unpaired) electrons. The van der Waals surface area contributed by atoms with Gasteiger partial charge >= 0.3 is 0 Å². The standard InChI is InChI=1S/C21H28N2O3/c1-2-13-24-20(5-1)21-7-6-19(26-21)15-23-11-8-18(9-12-23)25-16-17-4-3-10-22-14-17/h3-4,6-7,10,14,18,20H,1-2,5,8-9,11-13,15-16H2/t20-/m0/s1. The molecule has 0 spiro atoms. The second-order valence-corrected chi connectivity index (χ2v) is 7.31. The molecule has 0 amide bonds. The molecule has 140 valence electrons. The number of aromatic nitrogens is 1. The van der Waals surface area contributed by atoms with Gasteiger partial charge in [0.25, 0.3) is 0 Å². The predicted molar refractivity (Wildman–Crippen MR) is 98.6 cm³/mol. The average Bonchev–Trinajstić information content (AvgIpc) is 3.17. The second kappa shape index (κ2) is 8.80. The third kappa shape index (κ3) is 4.72. The normalized spacial score (nSPS) is 22.5. The summed E-state index contributed by atoms with van der Waals surface area (Å²) in [4.78, 5) is 6.59. The van der Waals surface area contributed by atoms with E-state index >= 15 is 0 Å². The number of nitrogens with zero attached hydrogens (tertiary/aromatic N) is 2. The van der Waals surface area contributed by atoms with Gasteiger partial charge in [0, 0.05) is 32.1 Å². The van der Waals surface area contributed by atoms with Gasteiger partial charge < -0.3 is 13.9 Å². The molecule has 4 heterocycles. The zero-order valence-electron chi connectivity index (χ0n) is 15.3. The number of ether oxygens (including phenoxy) is 2. The lowest BCUT2D eigenvalue weighted by Crippen LogP contribution is -2.36. The van der Waals surface area contributed by atoms with Crippen molar-refractivity contribution in [3.8, 4) is 0 Å². The number of piperidine rings is 1. The van der Waals surface area contributed by atoms with Gasteiger partial charge in [-0.3, -0.25) is 9.88 Å². The molecule has 26 heavy (non-hydrogen) atoms. The highest BCUT2D eigenvalue weighted by molar-refractivity contribution is 5.10. The molecule has 0 saturated carbocycles. The molecule has 4 rings (SSSR count). The number of furan rings is 1. The maximum Gasteiger partial charge on any atom is 0.133 e. The van der Waals surface area contributed by atoms with E-state index in [-0.39, 0.29) is 6.10 Å². The number of likely N-dealkylation sites (tertiary alicyclic amines) is 1. The molecular formula is C21H28N2O3. The molecule has 2 fully saturated rings. The van der Waals surface area contributed by atoms with Crippen molar-refractivity contribution in [3.63, 3.8) is 0 Å². The molecule has 5 heteroatoms. The first-order valence-corrected chi connectivity index (χ1v) is 9.80. The second-order valence-electron chi connectivity index (χ2n) is 7.31. The summed E-state index contributed by atoms with van der Waals surface area (Å²) in [6.07, 6.45) is 9.78. The zero-order chi connectivity index (χ0) is 17.6. The number of hydrogen-bond donors (Lipinski definition) is 0. The van der Waals surface area contributed by atoms with Gasteiger partial charge in [-0.05, 0) is 55.9 Å². The molecule has 0 bridgehead atoms. The van der Waals surface area contributed by atoms with Crippen LogP contribution in [0.15, 0.2) is 41.1 Å². The van der Waals surface area contributed by atoms with E-state index in [0.717, 1.165) is 62.6 Å². The first-order valence-electron chi connectivity index (χ1n) is 9.80. The van der Waals surface area contributed by atoms with Crippen LogP contribution >= 0.6 is 0 Å². The third-order valence-electron chi connectivity index (χ3n) is 5.30. The van der Waals surface area contributed by atoms with Crippen LogP contribution in [0.1, 0.15) is 55.3 Å². The van der Waals surface area contributed by atoms with Crippen LogP contribution in [0.2, 0.25) is 0 Å². The van der Waals surface area contributed by atoms with E-state index in [1.807, 2.05) is 12.3 Å². The van der Waals surface area contributed by atoms with E-state index in [4.69, 9.17) is 13.9 Å². The van der Waals surface area contributed by atoms with Gasteiger partial charge in [0.15, 0.2) is 0 Å². The van der Waals surface area contributed by atoms with Crippen LogP contribution in [0.3, 0.4) is 0 Å². The van der Waals surface area contributed by atoms with Gasteiger partial charge in [-0.2, -0.15) is 0 Å². The lowest BCUT2D eigenvalue weighted by Gasteiger charge is -2.31. The topological polar surface area (TPSA) is 47.7 Å². The Balaban J connectivity index is 1.21. The van der Waals surface area contributed by atoms with Gasteiger partial charge in [0.1, 0.15) is 17.6 Å². The van der Waals surface area contributed by atoms with Crippen molar-refractivity contribution in [2.24, 2.45) is 0 Å². The van der Waals surface area contributed by atoms with E-state index in [1.54, 1.807) is 6.20 Å². The fourth-order valence-electron chi connectivity index (χ4n) is 3.77. The molecule has 1 atom stereocenters. The fraction of sp³-hybridized carbons (Fsp3) is 0.571. The van der Waals surface area contributed by atoms with Crippen molar-refractivity contribution in [2.45, 2.75) is 57.5 Å². The van der Waals surface area contributed by atoms with Crippen molar-refractivity contribution in [1.82, 2.24) is 9.88 Å². The molecule has 2 aromatic rings. The van der Waals surface area contributed by atoms with Gasteiger partial charge in [-0.1, -0.05) is 6.07 Å². The summed E-state index contributed by atoms with van der Waals surface area (Å²) in [6.45, 7) is 4.48. The molecule has 2 aromatic heterocycles. The van der Waals surface area contributed by atoms with Crippen LogP contribution in [0, 0.1) is 0 Å². The van der Waals surface area contributed by atoms with Gasteiger partial charge in [-0.25, -0.2) is 0 Å². The fourth-order valence-corrected chi connectivity index (χ4v) is 3.77.